The van der Waals surface area contributed by atoms with E-state index in [1.165, 1.54) is 5.56 Å². The van der Waals surface area contributed by atoms with Crippen molar-refractivity contribution in [2.24, 2.45) is 0 Å². The van der Waals surface area contributed by atoms with Crippen LogP contribution in [0.4, 0.5) is 5.82 Å². The summed E-state index contributed by atoms with van der Waals surface area (Å²) >= 11 is 3.47. The lowest BCUT2D eigenvalue weighted by Crippen LogP contribution is -2.27. The maximum Gasteiger partial charge on any atom is 0.126 e. The van der Waals surface area contributed by atoms with E-state index >= 15 is 0 Å². The zero-order valence-corrected chi connectivity index (χ0v) is 13.2. The first-order chi connectivity index (χ1) is 8.99. The van der Waals surface area contributed by atoms with Crippen molar-refractivity contribution in [2.45, 2.75) is 26.2 Å². The molecule has 0 aliphatic rings. The van der Waals surface area contributed by atoms with Gasteiger partial charge in [-0.05, 0) is 40.5 Å². The van der Waals surface area contributed by atoms with E-state index in [1.54, 1.807) is 0 Å². The van der Waals surface area contributed by atoms with Crippen molar-refractivity contribution in [3.05, 3.63) is 58.2 Å². The number of rotatable bonds is 4. The van der Waals surface area contributed by atoms with Gasteiger partial charge in [0.1, 0.15) is 5.82 Å². The Labute approximate surface area is 123 Å². The Morgan fingerprint density at radius 3 is 2.42 bits per heavy atom. The van der Waals surface area contributed by atoms with E-state index in [4.69, 9.17) is 0 Å². The summed E-state index contributed by atoms with van der Waals surface area (Å²) in [5, 5.41) is 3.42. The van der Waals surface area contributed by atoms with Crippen molar-refractivity contribution in [2.75, 3.05) is 11.9 Å². The second-order valence-electron chi connectivity index (χ2n) is 5.37. The summed E-state index contributed by atoms with van der Waals surface area (Å²) in [6, 6.07) is 14.6. The standard InChI is InChI=1S/C16H19BrN2/c1-12-14(17)9-10-15(19-12)18-11-16(2,3)13-7-5-4-6-8-13/h4-10H,11H2,1-3H3,(H,18,19). The van der Waals surface area contributed by atoms with E-state index in [9.17, 15) is 0 Å². The molecule has 0 spiro atoms. The van der Waals surface area contributed by atoms with Crippen LogP contribution < -0.4 is 5.32 Å². The topological polar surface area (TPSA) is 24.9 Å². The molecule has 1 aromatic carbocycles. The van der Waals surface area contributed by atoms with Gasteiger partial charge in [-0.25, -0.2) is 4.98 Å². The Morgan fingerprint density at radius 1 is 1.11 bits per heavy atom. The molecule has 0 aliphatic carbocycles. The van der Waals surface area contributed by atoms with E-state index in [2.05, 4.69) is 64.3 Å². The molecular formula is C16H19BrN2. The van der Waals surface area contributed by atoms with Gasteiger partial charge in [-0.3, -0.25) is 0 Å². The molecule has 0 bridgehead atoms. The number of hydrogen-bond donors (Lipinski definition) is 1. The minimum absolute atomic E-state index is 0.0733. The Hall–Kier alpha value is -1.35. The van der Waals surface area contributed by atoms with Crippen LogP contribution in [0.3, 0.4) is 0 Å². The first-order valence-electron chi connectivity index (χ1n) is 6.41. The van der Waals surface area contributed by atoms with E-state index in [0.29, 0.717) is 0 Å². The van der Waals surface area contributed by atoms with Crippen LogP contribution >= 0.6 is 15.9 Å². The van der Waals surface area contributed by atoms with E-state index < -0.39 is 0 Å². The van der Waals surface area contributed by atoms with Crippen molar-refractivity contribution in [1.29, 1.82) is 0 Å². The van der Waals surface area contributed by atoms with Crippen LogP contribution in [-0.4, -0.2) is 11.5 Å². The number of anilines is 1. The highest BCUT2D eigenvalue weighted by Gasteiger charge is 2.20. The predicted octanol–water partition coefficient (Wildman–Crippen LogP) is 4.54. The highest BCUT2D eigenvalue weighted by Crippen LogP contribution is 2.24. The Morgan fingerprint density at radius 2 is 1.79 bits per heavy atom. The van der Waals surface area contributed by atoms with Gasteiger partial charge in [-0.15, -0.1) is 0 Å². The lowest BCUT2D eigenvalue weighted by Gasteiger charge is -2.26. The summed E-state index contributed by atoms with van der Waals surface area (Å²) in [4.78, 5) is 4.51. The Bertz CT molecular complexity index is 550. The van der Waals surface area contributed by atoms with Gasteiger partial charge in [-0.2, -0.15) is 0 Å². The average Bonchev–Trinajstić information content (AvgIpc) is 2.41. The number of benzene rings is 1. The first-order valence-corrected chi connectivity index (χ1v) is 7.21. The Kier molecular flexibility index (Phi) is 4.25. The molecule has 0 saturated heterocycles. The van der Waals surface area contributed by atoms with Crippen LogP contribution in [0.25, 0.3) is 0 Å². The summed E-state index contributed by atoms with van der Waals surface area (Å²) in [6.07, 6.45) is 0. The van der Waals surface area contributed by atoms with Crippen LogP contribution in [0, 0.1) is 6.92 Å². The number of halogens is 1. The average molecular weight is 319 g/mol. The third-order valence-corrected chi connectivity index (χ3v) is 4.13. The molecule has 2 aromatic rings. The number of aryl methyl sites for hydroxylation is 1. The number of aromatic nitrogens is 1. The number of pyridine rings is 1. The monoisotopic (exact) mass is 318 g/mol. The minimum atomic E-state index is 0.0733. The second kappa shape index (κ2) is 5.74. The van der Waals surface area contributed by atoms with Gasteiger partial charge in [0.25, 0.3) is 0 Å². The Balaban J connectivity index is 2.07. The fourth-order valence-electron chi connectivity index (χ4n) is 1.95. The summed E-state index contributed by atoms with van der Waals surface area (Å²) in [5.74, 6) is 0.921. The fourth-order valence-corrected chi connectivity index (χ4v) is 2.17. The zero-order chi connectivity index (χ0) is 13.9. The van der Waals surface area contributed by atoms with Gasteiger partial charge < -0.3 is 5.32 Å². The molecule has 0 aliphatic heterocycles. The molecule has 0 atom stereocenters. The van der Waals surface area contributed by atoms with E-state index in [1.807, 2.05) is 25.1 Å². The molecule has 19 heavy (non-hydrogen) atoms. The summed E-state index contributed by atoms with van der Waals surface area (Å²) in [6.45, 7) is 7.32. The largest absolute Gasteiger partial charge is 0.369 e. The molecule has 0 unspecified atom stereocenters. The highest BCUT2D eigenvalue weighted by molar-refractivity contribution is 9.10. The minimum Gasteiger partial charge on any atom is -0.369 e. The molecule has 0 fully saturated rings. The lowest BCUT2D eigenvalue weighted by molar-refractivity contribution is 0.556. The molecule has 0 saturated carbocycles. The molecule has 3 heteroatoms. The van der Waals surface area contributed by atoms with E-state index in [0.717, 1.165) is 22.5 Å². The summed E-state index contributed by atoms with van der Waals surface area (Å²) in [5.41, 5.74) is 2.41. The highest BCUT2D eigenvalue weighted by atomic mass is 79.9. The van der Waals surface area contributed by atoms with Gasteiger partial charge in [0.05, 0.1) is 5.69 Å². The number of hydrogen-bond acceptors (Lipinski definition) is 2. The summed E-state index contributed by atoms with van der Waals surface area (Å²) in [7, 11) is 0. The molecule has 1 aromatic heterocycles. The number of nitrogens with zero attached hydrogens (tertiary/aromatic N) is 1. The first kappa shape index (κ1) is 14.1. The molecule has 0 radical (unpaired) electrons. The van der Waals surface area contributed by atoms with Crippen molar-refractivity contribution in [3.8, 4) is 0 Å². The van der Waals surface area contributed by atoms with Crippen molar-refractivity contribution < 1.29 is 0 Å². The smallest absolute Gasteiger partial charge is 0.126 e. The molecular weight excluding hydrogens is 300 g/mol. The van der Waals surface area contributed by atoms with Gasteiger partial charge in [0, 0.05) is 16.4 Å². The van der Waals surface area contributed by atoms with Gasteiger partial charge in [0.15, 0.2) is 0 Å². The van der Waals surface area contributed by atoms with Crippen molar-refractivity contribution in [1.82, 2.24) is 4.98 Å². The molecule has 0 amide bonds. The van der Waals surface area contributed by atoms with Crippen molar-refractivity contribution in [3.63, 3.8) is 0 Å². The molecule has 1 heterocycles. The fraction of sp³-hybridized carbons (Fsp3) is 0.312. The lowest BCUT2D eigenvalue weighted by atomic mass is 9.84. The van der Waals surface area contributed by atoms with E-state index in [-0.39, 0.29) is 5.41 Å². The molecule has 100 valence electrons. The SMILES string of the molecule is Cc1nc(NCC(C)(C)c2ccccc2)ccc1Br. The van der Waals surface area contributed by atoms with Crippen LogP contribution in [0.5, 0.6) is 0 Å². The normalized spacial score (nSPS) is 11.4. The van der Waals surface area contributed by atoms with Crippen LogP contribution in [-0.2, 0) is 5.41 Å². The van der Waals surface area contributed by atoms with Crippen LogP contribution in [0.1, 0.15) is 25.1 Å². The van der Waals surface area contributed by atoms with Gasteiger partial charge in [0.2, 0.25) is 0 Å². The molecule has 2 rings (SSSR count). The molecule has 1 N–H and O–H groups in total. The maximum atomic E-state index is 4.51. The number of nitrogens with one attached hydrogen (secondary N) is 1. The zero-order valence-electron chi connectivity index (χ0n) is 11.6. The quantitative estimate of drug-likeness (QED) is 0.895. The van der Waals surface area contributed by atoms with Gasteiger partial charge in [-0.1, -0.05) is 44.2 Å². The maximum absolute atomic E-state index is 4.51. The van der Waals surface area contributed by atoms with Crippen LogP contribution in [0.2, 0.25) is 0 Å². The third-order valence-electron chi connectivity index (χ3n) is 3.29. The third kappa shape index (κ3) is 3.57. The molecule has 2 nitrogen and oxygen atoms in total. The van der Waals surface area contributed by atoms with Gasteiger partial charge >= 0.3 is 0 Å². The van der Waals surface area contributed by atoms with Crippen molar-refractivity contribution >= 4 is 21.7 Å². The predicted molar refractivity (Wildman–Crippen MR) is 84.6 cm³/mol. The summed E-state index contributed by atoms with van der Waals surface area (Å²) < 4.78 is 1.04. The van der Waals surface area contributed by atoms with Crippen LogP contribution in [0.15, 0.2) is 46.9 Å². The second-order valence-corrected chi connectivity index (χ2v) is 6.22.